The number of para-hydroxylation sites is 1. The number of carbonyl (C=O) groups is 1. The molecule has 2 atom stereocenters. The van der Waals surface area contributed by atoms with Crippen LogP contribution in [-0.4, -0.2) is 29.8 Å². The number of rotatable bonds is 6. The van der Waals surface area contributed by atoms with Gasteiger partial charge in [0.2, 0.25) is 0 Å². The maximum Gasteiger partial charge on any atom is 0.261 e. The average molecular weight is 316 g/mol. The number of hydrogen-bond acceptors (Lipinski definition) is 3. The molecule has 5 heteroatoms. The van der Waals surface area contributed by atoms with Crippen molar-refractivity contribution < 1.29 is 14.6 Å². The van der Waals surface area contributed by atoms with E-state index < -0.39 is 6.10 Å². The van der Waals surface area contributed by atoms with Gasteiger partial charge in [-0.25, -0.2) is 0 Å². The van der Waals surface area contributed by atoms with E-state index in [1.54, 1.807) is 13.0 Å². The third-order valence-electron chi connectivity index (χ3n) is 2.57. The van der Waals surface area contributed by atoms with Crippen LogP contribution in [0, 0.1) is 0 Å². The van der Waals surface area contributed by atoms with E-state index >= 15 is 0 Å². The van der Waals surface area contributed by atoms with Crippen LogP contribution in [0.4, 0.5) is 0 Å². The van der Waals surface area contributed by atoms with Crippen molar-refractivity contribution in [1.82, 2.24) is 5.32 Å². The molecule has 0 aliphatic rings. The quantitative estimate of drug-likeness (QED) is 0.845. The van der Waals surface area contributed by atoms with Crippen LogP contribution in [0.3, 0.4) is 0 Å². The molecule has 0 aliphatic heterocycles. The summed E-state index contributed by atoms with van der Waals surface area (Å²) in [6, 6.07) is 7.14. The van der Waals surface area contributed by atoms with E-state index in [4.69, 9.17) is 9.84 Å². The molecule has 0 saturated heterocycles. The van der Waals surface area contributed by atoms with Crippen LogP contribution in [0.25, 0.3) is 0 Å². The van der Waals surface area contributed by atoms with Gasteiger partial charge in [-0.15, -0.1) is 0 Å². The summed E-state index contributed by atoms with van der Waals surface area (Å²) >= 11 is 3.36. The number of aliphatic hydroxyl groups excluding tert-OH is 1. The van der Waals surface area contributed by atoms with Crippen molar-refractivity contribution in [2.45, 2.75) is 32.4 Å². The van der Waals surface area contributed by atoms with Crippen LogP contribution in [-0.2, 0) is 4.79 Å². The van der Waals surface area contributed by atoms with Crippen LogP contribution in [0.15, 0.2) is 28.7 Å². The molecule has 0 aromatic heterocycles. The predicted molar refractivity (Wildman–Crippen MR) is 73.5 cm³/mol. The van der Waals surface area contributed by atoms with Gasteiger partial charge in [0.1, 0.15) is 5.75 Å². The van der Waals surface area contributed by atoms with Gasteiger partial charge >= 0.3 is 0 Å². The van der Waals surface area contributed by atoms with E-state index in [0.29, 0.717) is 12.2 Å². The summed E-state index contributed by atoms with van der Waals surface area (Å²) in [5.41, 5.74) is 0. The van der Waals surface area contributed by atoms with Crippen LogP contribution in [0.2, 0.25) is 0 Å². The number of benzene rings is 1. The second-order valence-corrected chi connectivity index (χ2v) is 4.84. The fourth-order valence-electron chi connectivity index (χ4n) is 1.38. The van der Waals surface area contributed by atoms with Gasteiger partial charge in [-0.05, 0) is 41.4 Å². The van der Waals surface area contributed by atoms with Crippen LogP contribution in [0.5, 0.6) is 5.75 Å². The Kier molecular flexibility index (Phi) is 6.15. The molecule has 0 bridgehead atoms. The van der Waals surface area contributed by atoms with Crippen molar-refractivity contribution in [1.29, 1.82) is 0 Å². The molecule has 4 nitrogen and oxygen atoms in total. The molecule has 100 valence electrons. The SMILES string of the molecule is CCC(CO)NC(=O)C(C)Oc1ccccc1Br. The highest BCUT2D eigenvalue weighted by Crippen LogP contribution is 2.24. The van der Waals surface area contributed by atoms with Crippen molar-refractivity contribution >= 4 is 21.8 Å². The summed E-state index contributed by atoms with van der Waals surface area (Å²) in [4.78, 5) is 11.8. The molecule has 2 N–H and O–H groups in total. The molecule has 0 radical (unpaired) electrons. The zero-order valence-electron chi connectivity index (χ0n) is 10.5. The Balaban J connectivity index is 2.57. The zero-order chi connectivity index (χ0) is 13.5. The van der Waals surface area contributed by atoms with E-state index in [2.05, 4.69) is 21.2 Å². The standard InChI is InChI=1S/C13H18BrNO3/c1-3-10(8-16)15-13(17)9(2)18-12-7-5-4-6-11(12)14/h4-7,9-10,16H,3,8H2,1-2H3,(H,15,17). The van der Waals surface area contributed by atoms with Crippen molar-refractivity contribution in [3.05, 3.63) is 28.7 Å². The molecule has 0 saturated carbocycles. The highest BCUT2D eigenvalue weighted by molar-refractivity contribution is 9.10. The Hall–Kier alpha value is -1.07. The molecule has 2 unspecified atom stereocenters. The monoisotopic (exact) mass is 315 g/mol. The first-order valence-corrected chi connectivity index (χ1v) is 6.70. The number of carbonyl (C=O) groups excluding carboxylic acids is 1. The first-order chi connectivity index (χ1) is 8.58. The summed E-state index contributed by atoms with van der Waals surface area (Å²) in [5, 5.41) is 11.8. The summed E-state index contributed by atoms with van der Waals surface area (Å²) in [6.45, 7) is 3.52. The van der Waals surface area contributed by atoms with E-state index in [9.17, 15) is 4.79 Å². The van der Waals surface area contributed by atoms with Gasteiger partial charge in [0.05, 0.1) is 17.1 Å². The minimum atomic E-state index is -0.607. The second-order valence-electron chi connectivity index (χ2n) is 3.99. The Morgan fingerprint density at radius 1 is 1.50 bits per heavy atom. The van der Waals surface area contributed by atoms with Gasteiger partial charge in [-0.1, -0.05) is 19.1 Å². The van der Waals surface area contributed by atoms with E-state index in [-0.39, 0.29) is 18.6 Å². The zero-order valence-corrected chi connectivity index (χ0v) is 12.1. The smallest absolute Gasteiger partial charge is 0.261 e. The number of hydrogen-bond donors (Lipinski definition) is 2. The topological polar surface area (TPSA) is 58.6 Å². The maximum atomic E-state index is 11.8. The summed E-state index contributed by atoms with van der Waals surface area (Å²) in [7, 11) is 0. The number of ether oxygens (including phenoxy) is 1. The van der Waals surface area contributed by atoms with E-state index in [1.165, 1.54) is 0 Å². The average Bonchev–Trinajstić information content (AvgIpc) is 2.38. The molecule has 0 aliphatic carbocycles. The van der Waals surface area contributed by atoms with Gasteiger partial charge in [0.15, 0.2) is 6.10 Å². The first-order valence-electron chi connectivity index (χ1n) is 5.90. The Labute approximate surface area is 115 Å². The number of aliphatic hydroxyl groups is 1. The fourth-order valence-corrected chi connectivity index (χ4v) is 1.76. The lowest BCUT2D eigenvalue weighted by Crippen LogP contribution is -2.43. The van der Waals surface area contributed by atoms with E-state index in [0.717, 1.165) is 4.47 Å². The summed E-state index contributed by atoms with van der Waals surface area (Å²) in [5.74, 6) is 0.392. The Morgan fingerprint density at radius 2 is 2.17 bits per heavy atom. The molecular weight excluding hydrogens is 298 g/mol. The minimum Gasteiger partial charge on any atom is -0.480 e. The highest BCUT2D eigenvalue weighted by atomic mass is 79.9. The molecular formula is C13H18BrNO3. The Bertz CT molecular complexity index is 394. The lowest BCUT2D eigenvalue weighted by Gasteiger charge is -2.19. The van der Waals surface area contributed by atoms with Crippen LogP contribution >= 0.6 is 15.9 Å². The van der Waals surface area contributed by atoms with E-state index in [1.807, 2.05) is 25.1 Å². The fraction of sp³-hybridized carbons (Fsp3) is 0.462. The van der Waals surface area contributed by atoms with Crippen molar-refractivity contribution in [3.8, 4) is 5.75 Å². The second kappa shape index (κ2) is 7.38. The minimum absolute atomic E-state index is 0.0655. The molecule has 1 aromatic carbocycles. The van der Waals surface area contributed by atoms with Crippen molar-refractivity contribution in [2.24, 2.45) is 0 Å². The third-order valence-corrected chi connectivity index (χ3v) is 3.22. The number of amides is 1. The molecule has 0 fully saturated rings. The van der Waals surface area contributed by atoms with Crippen molar-refractivity contribution in [2.75, 3.05) is 6.61 Å². The molecule has 1 rings (SSSR count). The largest absolute Gasteiger partial charge is 0.480 e. The van der Waals surface area contributed by atoms with Gasteiger partial charge in [-0.3, -0.25) is 4.79 Å². The van der Waals surface area contributed by atoms with Gasteiger partial charge < -0.3 is 15.2 Å². The lowest BCUT2D eigenvalue weighted by atomic mass is 10.2. The summed E-state index contributed by atoms with van der Waals surface area (Å²) in [6.07, 6.45) is 0.0774. The first kappa shape index (κ1) is 15.0. The molecule has 0 heterocycles. The van der Waals surface area contributed by atoms with Gasteiger partial charge in [-0.2, -0.15) is 0 Å². The number of nitrogens with one attached hydrogen (secondary N) is 1. The normalized spacial score (nSPS) is 13.8. The molecule has 1 amide bonds. The summed E-state index contributed by atoms with van der Waals surface area (Å²) < 4.78 is 6.36. The van der Waals surface area contributed by atoms with Crippen molar-refractivity contribution in [3.63, 3.8) is 0 Å². The van der Waals surface area contributed by atoms with Crippen LogP contribution < -0.4 is 10.1 Å². The predicted octanol–water partition coefficient (Wildman–Crippen LogP) is 2.10. The van der Waals surface area contributed by atoms with Crippen LogP contribution in [0.1, 0.15) is 20.3 Å². The Morgan fingerprint density at radius 3 is 2.72 bits per heavy atom. The molecule has 1 aromatic rings. The molecule has 18 heavy (non-hydrogen) atoms. The number of halogens is 1. The molecule has 0 spiro atoms. The third kappa shape index (κ3) is 4.31. The highest BCUT2D eigenvalue weighted by Gasteiger charge is 2.18. The maximum absolute atomic E-state index is 11.8. The lowest BCUT2D eigenvalue weighted by molar-refractivity contribution is -0.128. The van der Waals surface area contributed by atoms with Gasteiger partial charge in [0.25, 0.3) is 5.91 Å². The van der Waals surface area contributed by atoms with Gasteiger partial charge in [0, 0.05) is 0 Å².